The number of anilines is 1. The number of aromatic nitrogens is 1. The zero-order chi connectivity index (χ0) is 14.7. The number of hydrogen-bond acceptors (Lipinski definition) is 4. The second-order valence-corrected chi connectivity index (χ2v) is 7.17. The van der Waals surface area contributed by atoms with E-state index in [2.05, 4.69) is 39.6 Å². The highest BCUT2D eigenvalue weighted by Gasteiger charge is 2.33. The average Bonchev–Trinajstić information content (AvgIpc) is 3.06. The van der Waals surface area contributed by atoms with E-state index in [1.54, 1.807) is 0 Å². The summed E-state index contributed by atoms with van der Waals surface area (Å²) in [7, 11) is 0. The van der Waals surface area contributed by atoms with Crippen molar-refractivity contribution >= 4 is 18.2 Å². The lowest BCUT2D eigenvalue weighted by molar-refractivity contribution is 0.204. The van der Waals surface area contributed by atoms with E-state index in [1.165, 1.54) is 45.6 Å². The summed E-state index contributed by atoms with van der Waals surface area (Å²) in [5.41, 5.74) is 1.56. The zero-order valence-electron chi connectivity index (χ0n) is 13.8. The molecule has 22 heavy (non-hydrogen) atoms. The van der Waals surface area contributed by atoms with Crippen LogP contribution < -0.4 is 10.6 Å². The highest BCUT2D eigenvalue weighted by molar-refractivity contribution is 5.85. The van der Waals surface area contributed by atoms with Gasteiger partial charge in [0.25, 0.3) is 0 Å². The molecule has 2 aliphatic heterocycles. The van der Waals surface area contributed by atoms with Gasteiger partial charge in [-0.05, 0) is 56.3 Å². The Bertz CT molecular complexity index is 473. The Labute approximate surface area is 140 Å². The molecule has 0 spiro atoms. The third kappa shape index (κ3) is 4.58. The average molecular weight is 325 g/mol. The molecule has 2 saturated heterocycles. The van der Waals surface area contributed by atoms with Crippen LogP contribution >= 0.6 is 12.4 Å². The number of aryl methyl sites for hydroxylation is 1. The van der Waals surface area contributed by atoms with Crippen LogP contribution in [0.15, 0.2) is 18.2 Å². The van der Waals surface area contributed by atoms with Gasteiger partial charge in [0.05, 0.1) is 0 Å². The maximum atomic E-state index is 4.51. The molecule has 0 aliphatic carbocycles. The van der Waals surface area contributed by atoms with Gasteiger partial charge >= 0.3 is 0 Å². The van der Waals surface area contributed by atoms with Crippen molar-refractivity contribution in [3.05, 3.63) is 23.9 Å². The smallest absolute Gasteiger partial charge is 0.126 e. The first kappa shape index (κ1) is 17.5. The van der Waals surface area contributed by atoms with Crippen LogP contribution in [0.5, 0.6) is 0 Å². The number of hydrogen-bond donors (Lipinski definition) is 2. The molecule has 124 valence electrons. The van der Waals surface area contributed by atoms with Crippen LogP contribution in [0.2, 0.25) is 0 Å². The van der Waals surface area contributed by atoms with Gasteiger partial charge in [-0.3, -0.25) is 0 Å². The van der Waals surface area contributed by atoms with Crippen molar-refractivity contribution < 1.29 is 0 Å². The highest BCUT2D eigenvalue weighted by Crippen LogP contribution is 2.28. The van der Waals surface area contributed by atoms with Gasteiger partial charge < -0.3 is 15.5 Å². The maximum absolute atomic E-state index is 4.51. The zero-order valence-corrected chi connectivity index (χ0v) is 14.6. The summed E-state index contributed by atoms with van der Waals surface area (Å²) >= 11 is 0. The summed E-state index contributed by atoms with van der Waals surface area (Å²) in [6, 6.07) is 6.17. The third-order valence-corrected chi connectivity index (χ3v) is 4.89. The van der Waals surface area contributed by atoms with Crippen LogP contribution in [-0.4, -0.2) is 49.2 Å². The molecule has 0 bridgehead atoms. The molecule has 1 aromatic heterocycles. The Hall–Kier alpha value is -0.840. The molecule has 5 heteroatoms. The number of halogens is 1. The Balaban J connectivity index is 0.00000176. The Morgan fingerprint density at radius 1 is 1.45 bits per heavy atom. The summed E-state index contributed by atoms with van der Waals surface area (Å²) in [5, 5.41) is 7.00. The van der Waals surface area contributed by atoms with Crippen molar-refractivity contribution in [3.8, 4) is 0 Å². The van der Waals surface area contributed by atoms with Gasteiger partial charge in [-0.2, -0.15) is 0 Å². The Morgan fingerprint density at radius 2 is 2.32 bits per heavy atom. The first-order valence-electron chi connectivity index (χ1n) is 8.24. The van der Waals surface area contributed by atoms with E-state index in [9.17, 15) is 0 Å². The van der Waals surface area contributed by atoms with Gasteiger partial charge in [0.2, 0.25) is 0 Å². The van der Waals surface area contributed by atoms with E-state index >= 15 is 0 Å². The number of likely N-dealkylation sites (tertiary alicyclic amines) is 1. The summed E-state index contributed by atoms with van der Waals surface area (Å²) in [5.74, 6) is 1.77. The highest BCUT2D eigenvalue weighted by atomic mass is 35.5. The molecule has 2 fully saturated rings. The minimum atomic E-state index is 0. The Kier molecular flexibility index (Phi) is 6.07. The van der Waals surface area contributed by atoms with Crippen molar-refractivity contribution in [1.29, 1.82) is 0 Å². The van der Waals surface area contributed by atoms with Crippen LogP contribution in [0.1, 0.15) is 25.5 Å². The number of nitrogens with zero attached hydrogens (tertiary/aromatic N) is 2. The molecule has 1 aromatic rings. The summed E-state index contributed by atoms with van der Waals surface area (Å²) in [6.07, 6.45) is 2.63. The van der Waals surface area contributed by atoms with E-state index in [0.717, 1.165) is 24.0 Å². The molecule has 2 atom stereocenters. The van der Waals surface area contributed by atoms with Crippen LogP contribution in [-0.2, 0) is 0 Å². The molecule has 0 saturated carbocycles. The standard InChI is InChI=1S/C17H28N4.ClH/c1-14-4-3-5-16(20-14)19-10-15-6-9-21(11-15)13-17(2)7-8-18-12-17;/h3-5,15,18H,6-13H2,1-2H3,(H,19,20);1H. The van der Waals surface area contributed by atoms with Crippen LogP contribution in [0.25, 0.3) is 0 Å². The van der Waals surface area contributed by atoms with Gasteiger partial charge in [0.15, 0.2) is 0 Å². The first-order chi connectivity index (χ1) is 10.1. The van der Waals surface area contributed by atoms with Gasteiger partial charge in [-0.25, -0.2) is 4.98 Å². The molecule has 0 amide bonds. The molecule has 0 radical (unpaired) electrons. The van der Waals surface area contributed by atoms with Crippen LogP contribution in [0.4, 0.5) is 5.82 Å². The number of nitrogens with one attached hydrogen (secondary N) is 2. The molecular weight excluding hydrogens is 296 g/mol. The maximum Gasteiger partial charge on any atom is 0.126 e. The van der Waals surface area contributed by atoms with Gasteiger partial charge in [-0.1, -0.05) is 13.0 Å². The summed E-state index contributed by atoms with van der Waals surface area (Å²) in [6.45, 7) is 11.6. The van der Waals surface area contributed by atoms with Gasteiger partial charge in [0, 0.05) is 31.9 Å². The van der Waals surface area contributed by atoms with Crippen molar-refractivity contribution in [2.75, 3.05) is 44.6 Å². The molecule has 2 aliphatic rings. The van der Waals surface area contributed by atoms with E-state index in [-0.39, 0.29) is 12.4 Å². The van der Waals surface area contributed by atoms with E-state index in [4.69, 9.17) is 0 Å². The van der Waals surface area contributed by atoms with Crippen LogP contribution in [0, 0.1) is 18.3 Å². The lowest BCUT2D eigenvalue weighted by atomic mass is 9.89. The summed E-state index contributed by atoms with van der Waals surface area (Å²) < 4.78 is 0. The third-order valence-electron chi connectivity index (χ3n) is 4.89. The first-order valence-corrected chi connectivity index (χ1v) is 8.24. The lowest BCUT2D eigenvalue weighted by Gasteiger charge is -2.29. The van der Waals surface area contributed by atoms with Crippen molar-refractivity contribution in [2.24, 2.45) is 11.3 Å². The quantitative estimate of drug-likeness (QED) is 0.873. The van der Waals surface area contributed by atoms with Crippen molar-refractivity contribution in [1.82, 2.24) is 15.2 Å². The summed E-state index contributed by atoms with van der Waals surface area (Å²) in [4.78, 5) is 7.17. The van der Waals surface area contributed by atoms with E-state index < -0.39 is 0 Å². The SMILES string of the molecule is Cc1cccc(NCC2CCN(CC3(C)CCNC3)C2)n1.Cl. The largest absolute Gasteiger partial charge is 0.370 e. The van der Waals surface area contributed by atoms with Crippen molar-refractivity contribution in [2.45, 2.75) is 26.7 Å². The minimum Gasteiger partial charge on any atom is -0.370 e. The van der Waals surface area contributed by atoms with E-state index in [0.29, 0.717) is 5.41 Å². The molecule has 4 nitrogen and oxygen atoms in total. The molecule has 0 aromatic carbocycles. The molecule has 2 unspecified atom stereocenters. The topological polar surface area (TPSA) is 40.2 Å². The van der Waals surface area contributed by atoms with Crippen molar-refractivity contribution in [3.63, 3.8) is 0 Å². The Morgan fingerprint density at radius 3 is 3.05 bits per heavy atom. The molecule has 3 rings (SSSR count). The van der Waals surface area contributed by atoms with Gasteiger partial charge in [0.1, 0.15) is 5.82 Å². The predicted molar refractivity (Wildman–Crippen MR) is 94.9 cm³/mol. The number of rotatable bonds is 5. The predicted octanol–water partition coefficient (Wildman–Crippen LogP) is 2.55. The van der Waals surface area contributed by atoms with E-state index in [1.807, 2.05) is 13.0 Å². The number of pyridine rings is 1. The second-order valence-electron chi connectivity index (χ2n) is 7.17. The molecule has 2 N–H and O–H groups in total. The van der Waals surface area contributed by atoms with Crippen LogP contribution in [0.3, 0.4) is 0 Å². The fourth-order valence-electron chi connectivity index (χ4n) is 3.66. The molecular formula is C17H29ClN4. The normalized spacial score (nSPS) is 28.5. The lowest BCUT2D eigenvalue weighted by Crippen LogP contribution is -2.36. The second kappa shape index (κ2) is 7.62. The van der Waals surface area contributed by atoms with Gasteiger partial charge in [-0.15, -0.1) is 12.4 Å². The monoisotopic (exact) mass is 324 g/mol. The molecule has 3 heterocycles. The minimum absolute atomic E-state index is 0. The fourth-order valence-corrected chi connectivity index (χ4v) is 3.66. The fraction of sp³-hybridized carbons (Fsp3) is 0.706.